The van der Waals surface area contributed by atoms with Gasteiger partial charge in [-0.2, -0.15) is 5.10 Å². The van der Waals surface area contributed by atoms with E-state index in [9.17, 15) is 0 Å². The Kier molecular flexibility index (Phi) is 4.19. The number of anilines is 1. The summed E-state index contributed by atoms with van der Waals surface area (Å²) in [4.78, 5) is 8.96. The first kappa shape index (κ1) is 14.0. The molecule has 19 heavy (non-hydrogen) atoms. The largest absolute Gasteiger partial charge is 0.370 e. The van der Waals surface area contributed by atoms with Gasteiger partial charge in [-0.15, -0.1) is 0 Å². The molecule has 1 N–H and O–H groups in total. The van der Waals surface area contributed by atoms with E-state index in [1.54, 1.807) is 0 Å². The van der Waals surface area contributed by atoms with Gasteiger partial charge in [-0.25, -0.2) is 9.97 Å². The quantitative estimate of drug-likeness (QED) is 0.940. The van der Waals surface area contributed by atoms with Crippen LogP contribution in [0.3, 0.4) is 0 Å². The molecule has 6 heteroatoms. The van der Waals surface area contributed by atoms with E-state index < -0.39 is 0 Å². The van der Waals surface area contributed by atoms with E-state index >= 15 is 0 Å². The van der Waals surface area contributed by atoms with Crippen molar-refractivity contribution in [1.29, 1.82) is 0 Å². The van der Waals surface area contributed by atoms with E-state index in [4.69, 9.17) is 0 Å². The van der Waals surface area contributed by atoms with E-state index in [-0.39, 0.29) is 0 Å². The van der Waals surface area contributed by atoms with Crippen LogP contribution in [0.2, 0.25) is 0 Å². The van der Waals surface area contributed by atoms with Gasteiger partial charge in [-0.3, -0.25) is 4.68 Å². The normalized spacial score (nSPS) is 10.8. The summed E-state index contributed by atoms with van der Waals surface area (Å²) in [5, 5.41) is 7.70. The van der Waals surface area contributed by atoms with E-state index in [1.807, 2.05) is 31.5 Å². The topological polar surface area (TPSA) is 55.6 Å². The Morgan fingerprint density at radius 3 is 2.58 bits per heavy atom. The molecule has 0 spiro atoms. The second kappa shape index (κ2) is 5.69. The summed E-state index contributed by atoms with van der Waals surface area (Å²) < 4.78 is 2.97. The Labute approximate surface area is 121 Å². The lowest BCUT2D eigenvalue weighted by molar-refractivity contribution is 0.630. The van der Waals surface area contributed by atoms with Crippen LogP contribution in [0.5, 0.6) is 0 Å². The average molecular weight is 324 g/mol. The van der Waals surface area contributed by atoms with E-state index in [0.29, 0.717) is 6.54 Å². The SMILES string of the molecule is CCNc1cc(C)nc(Cn2nc(C)c(Br)c2C)n1. The molecule has 2 rings (SSSR count). The maximum atomic E-state index is 4.50. The Balaban J connectivity index is 2.29. The molecular formula is C13H18BrN5. The van der Waals surface area contributed by atoms with Crippen LogP contribution in [0.4, 0.5) is 5.82 Å². The molecule has 102 valence electrons. The molecule has 2 aromatic rings. The number of hydrogen-bond donors (Lipinski definition) is 1. The fourth-order valence-electron chi connectivity index (χ4n) is 1.94. The van der Waals surface area contributed by atoms with Crippen LogP contribution >= 0.6 is 15.9 Å². The second-order valence-electron chi connectivity index (χ2n) is 4.48. The van der Waals surface area contributed by atoms with Crippen molar-refractivity contribution in [2.75, 3.05) is 11.9 Å². The summed E-state index contributed by atoms with van der Waals surface area (Å²) in [5.41, 5.74) is 3.03. The lowest BCUT2D eigenvalue weighted by atomic mass is 10.4. The first-order valence-corrected chi connectivity index (χ1v) is 7.08. The minimum atomic E-state index is 0.582. The molecule has 0 saturated carbocycles. The van der Waals surface area contributed by atoms with Crippen LogP contribution in [-0.4, -0.2) is 26.3 Å². The molecule has 0 bridgehead atoms. The highest BCUT2D eigenvalue weighted by molar-refractivity contribution is 9.10. The molecule has 0 aliphatic rings. The van der Waals surface area contributed by atoms with Crippen LogP contribution in [0.15, 0.2) is 10.5 Å². The van der Waals surface area contributed by atoms with Gasteiger partial charge in [-0.05, 0) is 43.6 Å². The van der Waals surface area contributed by atoms with Crippen molar-refractivity contribution in [2.24, 2.45) is 0 Å². The maximum absolute atomic E-state index is 4.50. The number of aryl methyl sites for hydroxylation is 2. The number of aromatic nitrogens is 4. The van der Waals surface area contributed by atoms with Gasteiger partial charge in [0.05, 0.1) is 15.9 Å². The van der Waals surface area contributed by atoms with Crippen molar-refractivity contribution in [3.63, 3.8) is 0 Å². The van der Waals surface area contributed by atoms with Crippen LogP contribution in [0.1, 0.15) is 29.8 Å². The molecule has 0 fully saturated rings. The number of nitrogens with one attached hydrogen (secondary N) is 1. The van der Waals surface area contributed by atoms with Gasteiger partial charge in [-0.1, -0.05) is 0 Å². The van der Waals surface area contributed by atoms with Crippen molar-refractivity contribution in [2.45, 2.75) is 34.2 Å². The molecule has 0 aromatic carbocycles. The smallest absolute Gasteiger partial charge is 0.152 e. The van der Waals surface area contributed by atoms with E-state index in [2.05, 4.69) is 43.2 Å². The summed E-state index contributed by atoms with van der Waals surface area (Å²) in [7, 11) is 0. The second-order valence-corrected chi connectivity index (χ2v) is 5.28. The minimum absolute atomic E-state index is 0.582. The monoisotopic (exact) mass is 323 g/mol. The first-order chi connectivity index (χ1) is 9.01. The van der Waals surface area contributed by atoms with Gasteiger partial charge >= 0.3 is 0 Å². The van der Waals surface area contributed by atoms with Crippen molar-refractivity contribution < 1.29 is 0 Å². The molecule has 5 nitrogen and oxygen atoms in total. The zero-order valence-electron chi connectivity index (χ0n) is 11.7. The standard InChI is InChI=1S/C13H18BrN5/c1-5-15-11-6-8(2)16-12(17-11)7-19-10(4)13(14)9(3)18-19/h6H,5,7H2,1-4H3,(H,15,16,17). The van der Waals surface area contributed by atoms with Gasteiger partial charge in [0.1, 0.15) is 12.4 Å². The lowest BCUT2D eigenvalue weighted by Gasteiger charge is -2.08. The molecular weight excluding hydrogens is 306 g/mol. The third-order valence-electron chi connectivity index (χ3n) is 2.84. The molecule has 0 atom stereocenters. The van der Waals surface area contributed by atoms with Crippen LogP contribution in [-0.2, 0) is 6.54 Å². The van der Waals surface area contributed by atoms with Crippen molar-refractivity contribution in [3.8, 4) is 0 Å². The lowest BCUT2D eigenvalue weighted by Crippen LogP contribution is -2.10. The first-order valence-electron chi connectivity index (χ1n) is 6.29. The molecule has 2 aromatic heterocycles. The van der Waals surface area contributed by atoms with Crippen molar-refractivity contribution in [3.05, 3.63) is 33.4 Å². The summed E-state index contributed by atoms with van der Waals surface area (Å²) in [6.45, 7) is 9.47. The van der Waals surface area contributed by atoms with Crippen molar-refractivity contribution >= 4 is 21.7 Å². The summed E-state index contributed by atoms with van der Waals surface area (Å²) in [5.74, 6) is 1.64. The number of rotatable bonds is 4. The predicted octanol–water partition coefficient (Wildman–Crippen LogP) is 2.84. The van der Waals surface area contributed by atoms with Crippen LogP contribution in [0.25, 0.3) is 0 Å². The van der Waals surface area contributed by atoms with Gasteiger partial charge in [0.2, 0.25) is 0 Å². The summed E-state index contributed by atoms with van der Waals surface area (Å²) in [6.07, 6.45) is 0. The third kappa shape index (κ3) is 3.12. The fraction of sp³-hybridized carbons (Fsp3) is 0.462. The number of nitrogens with zero attached hydrogens (tertiary/aromatic N) is 4. The van der Waals surface area contributed by atoms with E-state index in [1.165, 1.54) is 0 Å². The number of hydrogen-bond acceptors (Lipinski definition) is 4. The van der Waals surface area contributed by atoms with Gasteiger partial charge in [0.15, 0.2) is 5.82 Å². The van der Waals surface area contributed by atoms with Gasteiger partial charge in [0, 0.05) is 18.3 Å². The van der Waals surface area contributed by atoms with E-state index in [0.717, 1.165) is 39.7 Å². The Hall–Kier alpha value is -1.43. The molecule has 0 aliphatic carbocycles. The Morgan fingerprint density at radius 2 is 2.00 bits per heavy atom. The average Bonchev–Trinajstić information content (AvgIpc) is 2.57. The Bertz CT molecular complexity index is 591. The van der Waals surface area contributed by atoms with Gasteiger partial charge in [0.25, 0.3) is 0 Å². The molecule has 0 saturated heterocycles. The summed E-state index contributed by atoms with van der Waals surface area (Å²) in [6, 6.07) is 1.95. The third-order valence-corrected chi connectivity index (χ3v) is 3.99. The predicted molar refractivity (Wildman–Crippen MR) is 79.4 cm³/mol. The highest BCUT2D eigenvalue weighted by Gasteiger charge is 2.10. The molecule has 0 aliphatic heterocycles. The number of halogens is 1. The summed E-state index contributed by atoms with van der Waals surface area (Å²) >= 11 is 3.53. The van der Waals surface area contributed by atoms with Crippen LogP contribution < -0.4 is 5.32 Å². The molecule has 0 radical (unpaired) electrons. The molecule has 0 amide bonds. The Morgan fingerprint density at radius 1 is 1.26 bits per heavy atom. The molecule has 0 unspecified atom stereocenters. The highest BCUT2D eigenvalue weighted by Crippen LogP contribution is 2.20. The maximum Gasteiger partial charge on any atom is 0.152 e. The fourth-order valence-corrected chi connectivity index (χ4v) is 2.22. The zero-order valence-corrected chi connectivity index (χ0v) is 13.2. The molecule has 2 heterocycles. The van der Waals surface area contributed by atoms with Crippen LogP contribution in [0, 0.1) is 20.8 Å². The minimum Gasteiger partial charge on any atom is -0.370 e. The highest BCUT2D eigenvalue weighted by atomic mass is 79.9. The van der Waals surface area contributed by atoms with Gasteiger partial charge < -0.3 is 5.32 Å². The van der Waals surface area contributed by atoms with Crippen molar-refractivity contribution in [1.82, 2.24) is 19.7 Å². The zero-order chi connectivity index (χ0) is 14.0.